The molecule has 0 aliphatic rings. The molecule has 5 heteroatoms. The highest BCUT2D eigenvalue weighted by atomic mass is 35.5. The Labute approximate surface area is 88.8 Å². The first-order chi connectivity index (χ1) is 5.22. The summed E-state index contributed by atoms with van der Waals surface area (Å²) in [5.74, 6) is -1.00. The van der Waals surface area contributed by atoms with Gasteiger partial charge in [-0.2, -0.15) is 0 Å². The zero-order valence-electron chi connectivity index (χ0n) is 6.68. The monoisotopic (exact) mass is 222 g/mol. The van der Waals surface area contributed by atoms with Crippen LogP contribution in [0.1, 0.15) is 11.6 Å². The minimum absolute atomic E-state index is 0. The molecule has 0 saturated heterocycles. The molecule has 0 spiro atoms. The van der Waals surface area contributed by atoms with Gasteiger partial charge >= 0.3 is 5.97 Å². The van der Waals surface area contributed by atoms with E-state index in [0.717, 1.165) is 0 Å². The van der Waals surface area contributed by atoms with Gasteiger partial charge < -0.3 is 23.2 Å². The van der Waals surface area contributed by atoms with Gasteiger partial charge in [0.25, 0.3) is 0 Å². The minimum Gasteiger partial charge on any atom is -1.00 e. The van der Waals surface area contributed by atoms with Crippen LogP contribution in [0, 0.1) is 0 Å². The Balaban J connectivity index is 0. The van der Waals surface area contributed by atoms with Crippen LogP contribution in [-0.2, 0) is 4.79 Å². The van der Waals surface area contributed by atoms with E-state index in [9.17, 15) is 4.79 Å². The molecule has 0 saturated carbocycles. The lowest BCUT2D eigenvalue weighted by Gasteiger charge is -2.04. The summed E-state index contributed by atoms with van der Waals surface area (Å²) in [7, 11) is 0. The molecule has 0 aromatic heterocycles. The zero-order chi connectivity index (χ0) is 8.27. The quantitative estimate of drug-likeness (QED) is 0.621. The molecule has 3 nitrogen and oxygen atoms in total. The first kappa shape index (κ1) is 14.7. The van der Waals surface area contributed by atoms with Gasteiger partial charge in [0.05, 0.1) is 0 Å². The van der Waals surface area contributed by atoms with Gasteiger partial charge in [-0.3, -0.25) is 4.79 Å². The Kier molecular flexibility index (Phi) is 7.61. The SMILES string of the molecule is Cl.N[C@@H](C(=O)O)c1ccccc1.[Cl-]. The van der Waals surface area contributed by atoms with Gasteiger partial charge in [0.1, 0.15) is 6.04 Å². The normalized spacial score (nSPS) is 10.5. The molecule has 0 fully saturated rings. The summed E-state index contributed by atoms with van der Waals surface area (Å²) in [5, 5.41) is 8.51. The van der Waals surface area contributed by atoms with Crippen molar-refractivity contribution in [2.75, 3.05) is 0 Å². The molecular weight excluding hydrogens is 213 g/mol. The lowest BCUT2D eigenvalue weighted by atomic mass is 10.1. The molecule has 0 unspecified atom stereocenters. The summed E-state index contributed by atoms with van der Waals surface area (Å²) in [6, 6.07) is 7.82. The van der Waals surface area contributed by atoms with E-state index in [1.807, 2.05) is 6.07 Å². The van der Waals surface area contributed by atoms with Crippen molar-refractivity contribution in [3.05, 3.63) is 35.9 Å². The lowest BCUT2D eigenvalue weighted by Crippen LogP contribution is -3.00. The van der Waals surface area contributed by atoms with E-state index in [1.54, 1.807) is 24.3 Å². The number of hydrogen-bond acceptors (Lipinski definition) is 2. The second-order valence-electron chi connectivity index (χ2n) is 2.23. The van der Waals surface area contributed by atoms with Crippen molar-refractivity contribution in [2.45, 2.75) is 6.04 Å². The van der Waals surface area contributed by atoms with Gasteiger partial charge in [-0.1, -0.05) is 30.3 Å². The van der Waals surface area contributed by atoms with Crippen LogP contribution in [0.2, 0.25) is 0 Å². The van der Waals surface area contributed by atoms with Crippen molar-refractivity contribution < 1.29 is 22.3 Å². The summed E-state index contributed by atoms with van der Waals surface area (Å²) in [6.45, 7) is 0. The van der Waals surface area contributed by atoms with Crippen LogP contribution in [0.5, 0.6) is 0 Å². The van der Waals surface area contributed by atoms with Gasteiger partial charge in [0.2, 0.25) is 0 Å². The molecule has 1 atom stereocenters. The molecule has 0 amide bonds. The van der Waals surface area contributed by atoms with E-state index in [4.69, 9.17) is 10.8 Å². The molecule has 0 aliphatic carbocycles. The van der Waals surface area contributed by atoms with Crippen molar-refractivity contribution >= 4 is 18.4 Å². The Hall–Kier alpha value is -0.770. The molecule has 1 aromatic rings. The summed E-state index contributed by atoms with van der Waals surface area (Å²) in [5.41, 5.74) is 5.96. The molecule has 1 rings (SSSR count). The van der Waals surface area contributed by atoms with Crippen molar-refractivity contribution in [1.29, 1.82) is 0 Å². The van der Waals surface area contributed by atoms with Crippen LogP contribution in [0.15, 0.2) is 30.3 Å². The molecule has 74 valence electrons. The first-order valence-corrected chi connectivity index (χ1v) is 3.25. The van der Waals surface area contributed by atoms with E-state index in [0.29, 0.717) is 5.56 Å². The predicted octanol–water partition coefficient (Wildman–Crippen LogP) is -1.80. The summed E-state index contributed by atoms with van der Waals surface area (Å²) in [4.78, 5) is 10.4. The van der Waals surface area contributed by atoms with Gasteiger partial charge in [-0.15, -0.1) is 12.4 Å². The fourth-order valence-corrected chi connectivity index (χ4v) is 0.803. The van der Waals surface area contributed by atoms with Crippen LogP contribution < -0.4 is 18.1 Å². The Bertz CT molecular complexity index is 254. The first-order valence-electron chi connectivity index (χ1n) is 3.25. The fourth-order valence-electron chi connectivity index (χ4n) is 0.803. The minimum atomic E-state index is -1.00. The maximum atomic E-state index is 10.4. The molecule has 13 heavy (non-hydrogen) atoms. The van der Waals surface area contributed by atoms with Gasteiger partial charge in [0.15, 0.2) is 0 Å². The number of hydrogen-bond donors (Lipinski definition) is 2. The highest BCUT2D eigenvalue weighted by molar-refractivity contribution is 5.85. The topological polar surface area (TPSA) is 63.3 Å². The maximum absolute atomic E-state index is 10.4. The molecule has 0 aliphatic heterocycles. The second kappa shape index (κ2) is 6.71. The van der Waals surface area contributed by atoms with Crippen LogP contribution >= 0.6 is 12.4 Å². The van der Waals surface area contributed by atoms with E-state index < -0.39 is 12.0 Å². The average Bonchev–Trinajstić information content (AvgIpc) is 2.05. The van der Waals surface area contributed by atoms with Crippen molar-refractivity contribution in [3.8, 4) is 0 Å². The number of nitrogens with two attached hydrogens (primary N) is 1. The van der Waals surface area contributed by atoms with Crippen LogP contribution in [0.4, 0.5) is 0 Å². The lowest BCUT2D eigenvalue weighted by molar-refractivity contribution is -0.138. The number of halogens is 2. The molecule has 0 radical (unpaired) electrons. The van der Waals surface area contributed by atoms with Crippen LogP contribution in [-0.4, -0.2) is 11.1 Å². The summed E-state index contributed by atoms with van der Waals surface area (Å²) < 4.78 is 0. The summed E-state index contributed by atoms with van der Waals surface area (Å²) >= 11 is 0. The van der Waals surface area contributed by atoms with Crippen molar-refractivity contribution in [2.24, 2.45) is 5.73 Å². The summed E-state index contributed by atoms with van der Waals surface area (Å²) in [6.07, 6.45) is 0. The smallest absolute Gasteiger partial charge is 0.325 e. The third-order valence-corrected chi connectivity index (χ3v) is 1.42. The third kappa shape index (κ3) is 4.12. The van der Waals surface area contributed by atoms with E-state index in [1.165, 1.54) is 0 Å². The fraction of sp³-hybridized carbons (Fsp3) is 0.125. The average molecular weight is 223 g/mol. The molecule has 0 heterocycles. The maximum Gasteiger partial charge on any atom is 0.325 e. The van der Waals surface area contributed by atoms with Crippen molar-refractivity contribution in [1.82, 2.24) is 0 Å². The Morgan fingerprint density at radius 1 is 1.31 bits per heavy atom. The molecule has 3 N–H and O–H groups in total. The largest absolute Gasteiger partial charge is 1.00 e. The number of rotatable bonds is 2. The van der Waals surface area contributed by atoms with Crippen LogP contribution in [0.25, 0.3) is 0 Å². The number of carbonyl (C=O) groups is 1. The van der Waals surface area contributed by atoms with Crippen LogP contribution in [0.3, 0.4) is 0 Å². The van der Waals surface area contributed by atoms with Crippen molar-refractivity contribution in [3.63, 3.8) is 0 Å². The Morgan fingerprint density at radius 2 is 1.77 bits per heavy atom. The van der Waals surface area contributed by atoms with Gasteiger partial charge in [-0.05, 0) is 5.56 Å². The Morgan fingerprint density at radius 3 is 2.15 bits per heavy atom. The van der Waals surface area contributed by atoms with E-state index in [2.05, 4.69) is 0 Å². The number of benzene rings is 1. The highest BCUT2D eigenvalue weighted by Crippen LogP contribution is 2.08. The molecule has 1 aromatic carbocycles. The number of aliphatic carboxylic acids is 1. The van der Waals surface area contributed by atoms with Gasteiger partial charge in [0, 0.05) is 0 Å². The standard InChI is InChI=1S/C8H9NO2.2ClH/c9-7(8(10)11)6-4-2-1-3-5-6;;/h1-5,7H,9H2,(H,10,11);2*1H/p-1/t7-;;/m1../s1. The molecular formula is C8H10Cl2NO2-. The van der Waals surface area contributed by atoms with E-state index >= 15 is 0 Å². The number of carboxylic acid groups (broad SMARTS) is 1. The highest BCUT2D eigenvalue weighted by Gasteiger charge is 2.12. The third-order valence-electron chi connectivity index (χ3n) is 1.42. The zero-order valence-corrected chi connectivity index (χ0v) is 8.26. The number of carboxylic acids is 1. The molecule has 0 bridgehead atoms. The second-order valence-corrected chi connectivity index (χ2v) is 2.23. The predicted molar refractivity (Wildman–Crippen MR) is 48.3 cm³/mol. The van der Waals surface area contributed by atoms with E-state index in [-0.39, 0.29) is 24.8 Å². The van der Waals surface area contributed by atoms with Gasteiger partial charge in [-0.25, -0.2) is 0 Å².